The zero-order chi connectivity index (χ0) is 11.8. The van der Waals surface area contributed by atoms with Gasteiger partial charge in [-0.2, -0.15) is 0 Å². The van der Waals surface area contributed by atoms with Crippen LogP contribution in [0, 0.1) is 0 Å². The van der Waals surface area contributed by atoms with Crippen molar-refractivity contribution in [2.24, 2.45) is 0 Å². The molecule has 17 heavy (non-hydrogen) atoms. The van der Waals surface area contributed by atoms with Crippen LogP contribution in [0.5, 0.6) is 0 Å². The Hall–Kier alpha value is -1.78. The van der Waals surface area contributed by atoms with Crippen LogP contribution < -0.4 is 5.32 Å². The molecule has 1 saturated carbocycles. The van der Waals surface area contributed by atoms with Gasteiger partial charge in [0.1, 0.15) is 0 Å². The number of hydrogen-bond donors (Lipinski definition) is 1. The second kappa shape index (κ2) is 3.91. The average molecular weight is 234 g/mol. The summed E-state index contributed by atoms with van der Waals surface area (Å²) in [5, 5.41) is 2.83. The highest BCUT2D eigenvalue weighted by atomic mass is 16.3. The maximum Gasteiger partial charge on any atom is 0.287 e. The van der Waals surface area contributed by atoms with Crippen molar-refractivity contribution in [3.8, 4) is 0 Å². The smallest absolute Gasteiger partial charge is 0.287 e. The number of carbonyl (C=O) groups is 2. The molecule has 0 aromatic carbocycles. The minimum atomic E-state index is -0.245. The third-order valence-corrected chi connectivity index (χ3v) is 3.23. The highest BCUT2D eigenvalue weighted by molar-refractivity contribution is 5.92. The third-order valence-electron chi connectivity index (χ3n) is 3.23. The fourth-order valence-electron chi connectivity index (χ4n) is 2.23. The predicted octanol–water partition coefficient (Wildman–Crippen LogP) is 0.773. The zero-order valence-corrected chi connectivity index (χ0v) is 9.39. The fourth-order valence-corrected chi connectivity index (χ4v) is 2.23. The molecule has 2 heterocycles. The van der Waals surface area contributed by atoms with E-state index in [0.29, 0.717) is 24.8 Å². The minimum Gasteiger partial charge on any atom is -0.459 e. The molecule has 5 nitrogen and oxygen atoms in total. The molecule has 0 unspecified atom stereocenters. The van der Waals surface area contributed by atoms with Crippen molar-refractivity contribution < 1.29 is 14.0 Å². The van der Waals surface area contributed by atoms with Crippen molar-refractivity contribution in [1.29, 1.82) is 0 Å². The van der Waals surface area contributed by atoms with Gasteiger partial charge in [-0.3, -0.25) is 9.59 Å². The van der Waals surface area contributed by atoms with Crippen LogP contribution in [0.15, 0.2) is 22.8 Å². The van der Waals surface area contributed by atoms with Gasteiger partial charge in [-0.05, 0) is 25.0 Å². The van der Waals surface area contributed by atoms with E-state index in [2.05, 4.69) is 5.32 Å². The number of hydrogen-bond acceptors (Lipinski definition) is 3. The van der Waals surface area contributed by atoms with Crippen LogP contribution in [0.2, 0.25) is 0 Å². The molecule has 5 heteroatoms. The lowest BCUT2D eigenvalue weighted by Crippen LogP contribution is -2.37. The number of carbonyl (C=O) groups excluding carboxylic acids is 2. The summed E-state index contributed by atoms with van der Waals surface area (Å²) in [6, 6.07) is 3.63. The van der Waals surface area contributed by atoms with Crippen molar-refractivity contribution in [2.75, 3.05) is 6.54 Å². The first-order chi connectivity index (χ1) is 8.24. The molecule has 1 aromatic heterocycles. The molecule has 1 saturated heterocycles. The molecule has 2 aliphatic rings. The van der Waals surface area contributed by atoms with E-state index in [1.165, 1.54) is 6.26 Å². The SMILES string of the molecule is O=C(N[C@@H]1CC(=O)N(C2CC2)C1)c1ccco1. The van der Waals surface area contributed by atoms with E-state index >= 15 is 0 Å². The molecule has 3 rings (SSSR count). The van der Waals surface area contributed by atoms with Gasteiger partial charge in [0.25, 0.3) is 5.91 Å². The van der Waals surface area contributed by atoms with Crippen LogP contribution in [0.3, 0.4) is 0 Å². The van der Waals surface area contributed by atoms with Crippen LogP contribution in [-0.2, 0) is 4.79 Å². The van der Waals surface area contributed by atoms with Gasteiger partial charge in [-0.15, -0.1) is 0 Å². The molecular weight excluding hydrogens is 220 g/mol. The highest BCUT2D eigenvalue weighted by Gasteiger charge is 2.39. The number of likely N-dealkylation sites (tertiary alicyclic amines) is 1. The summed E-state index contributed by atoms with van der Waals surface area (Å²) in [4.78, 5) is 25.3. The summed E-state index contributed by atoms with van der Waals surface area (Å²) in [6.45, 7) is 0.635. The molecule has 90 valence electrons. The molecule has 0 spiro atoms. The summed E-state index contributed by atoms with van der Waals surface area (Å²) in [5.41, 5.74) is 0. The number of furan rings is 1. The van der Waals surface area contributed by atoms with Gasteiger partial charge < -0.3 is 14.6 Å². The Morgan fingerprint density at radius 2 is 2.29 bits per heavy atom. The standard InChI is InChI=1S/C12H14N2O3/c15-11-6-8(7-14(11)9-3-4-9)13-12(16)10-2-1-5-17-10/h1-2,5,8-9H,3-4,6-7H2,(H,13,16)/t8-/m1/s1. The molecule has 1 aromatic rings. The van der Waals surface area contributed by atoms with E-state index in [1.54, 1.807) is 12.1 Å². The first-order valence-electron chi connectivity index (χ1n) is 5.88. The van der Waals surface area contributed by atoms with E-state index in [4.69, 9.17) is 4.42 Å². The van der Waals surface area contributed by atoms with Crippen LogP contribution in [0.1, 0.15) is 29.8 Å². The van der Waals surface area contributed by atoms with Crippen molar-refractivity contribution in [3.05, 3.63) is 24.2 Å². The molecule has 0 bridgehead atoms. The normalized spacial score (nSPS) is 24.1. The predicted molar refractivity (Wildman–Crippen MR) is 59.3 cm³/mol. The van der Waals surface area contributed by atoms with Gasteiger partial charge in [-0.25, -0.2) is 0 Å². The first-order valence-corrected chi connectivity index (χ1v) is 5.88. The topological polar surface area (TPSA) is 62.6 Å². The van der Waals surface area contributed by atoms with E-state index in [9.17, 15) is 9.59 Å². The quantitative estimate of drug-likeness (QED) is 0.840. The lowest BCUT2D eigenvalue weighted by atomic mass is 10.2. The molecule has 1 atom stereocenters. The molecule has 1 N–H and O–H groups in total. The number of nitrogens with one attached hydrogen (secondary N) is 1. The van der Waals surface area contributed by atoms with Gasteiger partial charge in [0.05, 0.1) is 12.3 Å². The molecule has 2 fully saturated rings. The Balaban J connectivity index is 1.60. The van der Waals surface area contributed by atoms with E-state index in [0.717, 1.165) is 12.8 Å². The molecule has 1 aliphatic carbocycles. The van der Waals surface area contributed by atoms with Crippen LogP contribution in [-0.4, -0.2) is 35.3 Å². The van der Waals surface area contributed by atoms with Gasteiger partial charge in [0, 0.05) is 19.0 Å². The summed E-state index contributed by atoms with van der Waals surface area (Å²) in [6.07, 6.45) is 4.07. The number of rotatable bonds is 3. The summed E-state index contributed by atoms with van der Waals surface area (Å²) >= 11 is 0. The largest absolute Gasteiger partial charge is 0.459 e. The van der Waals surface area contributed by atoms with Gasteiger partial charge >= 0.3 is 0 Å². The van der Waals surface area contributed by atoms with Gasteiger partial charge in [-0.1, -0.05) is 0 Å². The van der Waals surface area contributed by atoms with Crippen LogP contribution in [0.25, 0.3) is 0 Å². The average Bonchev–Trinajstić information content (AvgIpc) is 2.86. The molecule has 2 amide bonds. The second-order valence-electron chi connectivity index (χ2n) is 4.63. The van der Waals surface area contributed by atoms with Crippen LogP contribution in [0.4, 0.5) is 0 Å². The van der Waals surface area contributed by atoms with Crippen molar-refractivity contribution in [2.45, 2.75) is 31.3 Å². The Morgan fingerprint density at radius 1 is 1.47 bits per heavy atom. The number of amides is 2. The Labute approximate surface area is 98.8 Å². The fraction of sp³-hybridized carbons (Fsp3) is 0.500. The van der Waals surface area contributed by atoms with Crippen molar-refractivity contribution in [3.63, 3.8) is 0 Å². The van der Waals surface area contributed by atoms with E-state index in [1.807, 2.05) is 4.90 Å². The minimum absolute atomic E-state index is 0.0827. The van der Waals surface area contributed by atoms with Crippen molar-refractivity contribution >= 4 is 11.8 Å². The summed E-state index contributed by atoms with van der Waals surface area (Å²) < 4.78 is 5.01. The van der Waals surface area contributed by atoms with Crippen LogP contribution >= 0.6 is 0 Å². The number of nitrogens with zero attached hydrogens (tertiary/aromatic N) is 1. The Kier molecular flexibility index (Phi) is 2.39. The lowest BCUT2D eigenvalue weighted by molar-refractivity contribution is -0.128. The third kappa shape index (κ3) is 2.05. The van der Waals surface area contributed by atoms with E-state index in [-0.39, 0.29) is 17.9 Å². The van der Waals surface area contributed by atoms with E-state index < -0.39 is 0 Å². The summed E-state index contributed by atoms with van der Waals surface area (Å²) in [7, 11) is 0. The summed E-state index contributed by atoms with van der Waals surface area (Å²) in [5.74, 6) is 0.199. The zero-order valence-electron chi connectivity index (χ0n) is 9.39. The Morgan fingerprint density at radius 3 is 2.94 bits per heavy atom. The maximum absolute atomic E-state index is 11.7. The molecular formula is C12H14N2O3. The van der Waals surface area contributed by atoms with Gasteiger partial charge in [0.2, 0.25) is 5.91 Å². The van der Waals surface area contributed by atoms with Crippen molar-refractivity contribution in [1.82, 2.24) is 10.2 Å². The maximum atomic E-state index is 11.7. The first kappa shape index (κ1) is 10.4. The Bertz CT molecular complexity index is 437. The lowest BCUT2D eigenvalue weighted by Gasteiger charge is -2.15. The molecule has 0 radical (unpaired) electrons. The van der Waals surface area contributed by atoms with Gasteiger partial charge in [0.15, 0.2) is 5.76 Å². The monoisotopic (exact) mass is 234 g/mol. The molecule has 1 aliphatic heterocycles. The highest BCUT2D eigenvalue weighted by Crippen LogP contribution is 2.30. The second-order valence-corrected chi connectivity index (χ2v) is 4.63.